The first-order valence-electron chi connectivity index (χ1n) is 7.45. The fourth-order valence-electron chi connectivity index (χ4n) is 3.03. The highest BCUT2D eigenvalue weighted by atomic mass is 16.5. The molecular formula is C16H21N3O. The Morgan fingerprint density at radius 2 is 2.10 bits per heavy atom. The van der Waals surface area contributed by atoms with Crippen LogP contribution >= 0.6 is 0 Å². The van der Waals surface area contributed by atoms with Crippen LogP contribution in [0.3, 0.4) is 0 Å². The number of aromatic nitrogens is 2. The Bertz CT molecular complexity index is 599. The van der Waals surface area contributed by atoms with Gasteiger partial charge in [-0.1, -0.05) is 31.9 Å². The molecule has 0 saturated heterocycles. The summed E-state index contributed by atoms with van der Waals surface area (Å²) in [6.07, 6.45) is 6.27. The number of anilines is 1. The van der Waals surface area contributed by atoms with Crippen LogP contribution in [0, 0.1) is 5.92 Å². The van der Waals surface area contributed by atoms with Gasteiger partial charge < -0.3 is 10.5 Å². The first-order chi connectivity index (χ1) is 9.76. The average molecular weight is 271 g/mol. The first-order valence-corrected chi connectivity index (χ1v) is 7.45. The summed E-state index contributed by atoms with van der Waals surface area (Å²) in [7, 11) is 0. The van der Waals surface area contributed by atoms with E-state index < -0.39 is 0 Å². The maximum atomic E-state index is 6.15. The number of nitrogen functional groups attached to an aromatic ring is 1. The number of nitrogens with two attached hydrogens (primary N) is 1. The van der Waals surface area contributed by atoms with Crippen molar-refractivity contribution in [3.8, 4) is 5.88 Å². The lowest BCUT2D eigenvalue weighted by molar-refractivity contribution is 0.119. The molecule has 1 aromatic carbocycles. The van der Waals surface area contributed by atoms with Crippen LogP contribution < -0.4 is 10.5 Å². The Balaban J connectivity index is 1.86. The van der Waals surface area contributed by atoms with Gasteiger partial charge in [-0.05, 0) is 37.3 Å². The van der Waals surface area contributed by atoms with Gasteiger partial charge in [0.25, 0.3) is 0 Å². The molecule has 106 valence electrons. The van der Waals surface area contributed by atoms with E-state index in [2.05, 4.69) is 16.9 Å². The van der Waals surface area contributed by atoms with Crippen molar-refractivity contribution in [2.75, 3.05) is 5.73 Å². The van der Waals surface area contributed by atoms with Crippen molar-refractivity contribution < 1.29 is 4.74 Å². The summed E-state index contributed by atoms with van der Waals surface area (Å²) in [6, 6.07) is 7.86. The summed E-state index contributed by atoms with van der Waals surface area (Å²) in [5.74, 6) is 1.69. The molecule has 4 nitrogen and oxygen atoms in total. The molecule has 2 aromatic rings. The minimum absolute atomic E-state index is 0.256. The molecule has 1 fully saturated rings. The number of nitrogens with zero attached hydrogens (tertiary/aromatic N) is 2. The van der Waals surface area contributed by atoms with Crippen molar-refractivity contribution in [3.63, 3.8) is 0 Å². The summed E-state index contributed by atoms with van der Waals surface area (Å²) >= 11 is 0. The fraction of sp³-hybridized carbons (Fsp3) is 0.500. The summed E-state index contributed by atoms with van der Waals surface area (Å²) in [4.78, 5) is 8.54. The van der Waals surface area contributed by atoms with Crippen molar-refractivity contribution in [1.82, 2.24) is 9.97 Å². The van der Waals surface area contributed by atoms with Crippen LogP contribution in [0.5, 0.6) is 5.88 Å². The quantitative estimate of drug-likeness (QED) is 0.927. The smallest absolute Gasteiger partial charge is 0.226 e. The van der Waals surface area contributed by atoms with Crippen molar-refractivity contribution in [2.24, 2.45) is 5.92 Å². The Labute approximate surface area is 119 Å². The zero-order valence-corrected chi connectivity index (χ0v) is 11.9. The molecule has 0 aliphatic heterocycles. The lowest BCUT2D eigenvalue weighted by Gasteiger charge is -2.28. The largest absolute Gasteiger partial charge is 0.474 e. The molecule has 2 N–H and O–H groups in total. The number of fused-ring (bicyclic) bond motifs is 1. The van der Waals surface area contributed by atoms with Crippen LogP contribution in [0.4, 0.5) is 5.95 Å². The van der Waals surface area contributed by atoms with E-state index in [9.17, 15) is 0 Å². The first kappa shape index (κ1) is 13.2. The Hall–Kier alpha value is -1.84. The highest BCUT2D eigenvalue weighted by molar-refractivity contribution is 5.84. The van der Waals surface area contributed by atoms with E-state index in [4.69, 9.17) is 10.5 Å². The van der Waals surface area contributed by atoms with Crippen LogP contribution in [0.1, 0.15) is 39.0 Å². The van der Waals surface area contributed by atoms with E-state index in [-0.39, 0.29) is 12.1 Å². The molecule has 1 aliphatic rings. The van der Waals surface area contributed by atoms with E-state index in [1.54, 1.807) is 0 Å². The van der Waals surface area contributed by atoms with E-state index in [1.807, 2.05) is 24.3 Å². The highest BCUT2D eigenvalue weighted by Gasteiger charge is 2.23. The summed E-state index contributed by atoms with van der Waals surface area (Å²) in [6.45, 7) is 2.26. The number of benzene rings is 1. The normalized spacial score (nSPS) is 22.9. The molecule has 4 heteroatoms. The molecule has 0 radical (unpaired) electrons. The lowest BCUT2D eigenvalue weighted by Crippen LogP contribution is -2.25. The Morgan fingerprint density at radius 1 is 1.25 bits per heavy atom. The minimum atomic E-state index is 0.256. The van der Waals surface area contributed by atoms with Crippen LogP contribution in [0.25, 0.3) is 10.9 Å². The van der Waals surface area contributed by atoms with Crippen molar-refractivity contribution >= 4 is 16.9 Å². The van der Waals surface area contributed by atoms with E-state index >= 15 is 0 Å². The van der Waals surface area contributed by atoms with Gasteiger partial charge in [0, 0.05) is 0 Å². The fourth-order valence-corrected chi connectivity index (χ4v) is 3.03. The van der Waals surface area contributed by atoms with E-state index in [0.29, 0.717) is 5.88 Å². The van der Waals surface area contributed by atoms with Gasteiger partial charge in [-0.2, -0.15) is 4.98 Å². The molecule has 1 saturated carbocycles. The molecule has 2 unspecified atom stereocenters. The van der Waals surface area contributed by atoms with Crippen molar-refractivity contribution in [3.05, 3.63) is 24.3 Å². The molecule has 1 aliphatic carbocycles. The van der Waals surface area contributed by atoms with Gasteiger partial charge in [0.2, 0.25) is 11.8 Å². The van der Waals surface area contributed by atoms with E-state index in [0.717, 1.165) is 29.7 Å². The standard InChI is InChI=1S/C16H21N3O/c1-2-11-6-5-7-12(10-11)20-15-13-8-3-4-9-14(13)18-16(17)19-15/h3-4,8-9,11-12H,2,5-7,10H2,1H3,(H2,17,18,19). The molecule has 3 rings (SSSR count). The van der Waals surface area contributed by atoms with Gasteiger partial charge in [0.05, 0.1) is 10.9 Å². The van der Waals surface area contributed by atoms with Gasteiger partial charge in [-0.3, -0.25) is 0 Å². The number of rotatable bonds is 3. The maximum absolute atomic E-state index is 6.15. The molecule has 0 spiro atoms. The second-order valence-electron chi connectivity index (χ2n) is 5.58. The van der Waals surface area contributed by atoms with Gasteiger partial charge in [0.1, 0.15) is 6.10 Å². The van der Waals surface area contributed by atoms with E-state index in [1.165, 1.54) is 19.3 Å². The number of ether oxygens (including phenoxy) is 1. The summed E-state index contributed by atoms with van der Waals surface area (Å²) in [5, 5.41) is 0.945. The molecule has 2 atom stereocenters. The minimum Gasteiger partial charge on any atom is -0.474 e. The zero-order chi connectivity index (χ0) is 13.9. The Morgan fingerprint density at radius 3 is 2.95 bits per heavy atom. The number of hydrogen-bond donors (Lipinski definition) is 1. The number of hydrogen-bond acceptors (Lipinski definition) is 4. The monoisotopic (exact) mass is 271 g/mol. The third kappa shape index (κ3) is 2.69. The van der Waals surface area contributed by atoms with Crippen LogP contribution in [-0.2, 0) is 0 Å². The molecule has 20 heavy (non-hydrogen) atoms. The molecule has 0 amide bonds. The maximum Gasteiger partial charge on any atom is 0.226 e. The second-order valence-corrected chi connectivity index (χ2v) is 5.58. The van der Waals surface area contributed by atoms with Gasteiger partial charge in [0.15, 0.2) is 0 Å². The molecule has 1 heterocycles. The third-order valence-electron chi connectivity index (χ3n) is 4.18. The number of para-hydroxylation sites is 1. The Kier molecular flexibility index (Phi) is 3.72. The average Bonchev–Trinajstić information content (AvgIpc) is 2.47. The molecular weight excluding hydrogens is 250 g/mol. The second kappa shape index (κ2) is 5.65. The molecule has 1 aromatic heterocycles. The third-order valence-corrected chi connectivity index (χ3v) is 4.18. The van der Waals surface area contributed by atoms with Crippen LogP contribution in [0.2, 0.25) is 0 Å². The SMILES string of the molecule is CCC1CCCC(Oc2nc(N)nc3ccccc23)C1. The summed E-state index contributed by atoms with van der Waals surface area (Å²) in [5.41, 5.74) is 6.63. The molecule has 0 bridgehead atoms. The van der Waals surface area contributed by atoms with Gasteiger partial charge >= 0.3 is 0 Å². The lowest BCUT2D eigenvalue weighted by atomic mass is 9.85. The van der Waals surface area contributed by atoms with Crippen molar-refractivity contribution in [1.29, 1.82) is 0 Å². The van der Waals surface area contributed by atoms with Crippen LogP contribution in [0.15, 0.2) is 24.3 Å². The van der Waals surface area contributed by atoms with Gasteiger partial charge in [-0.25, -0.2) is 4.98 Å². The highest BCUT2D eigenvalue weighted by Crippen LogP contribution is 2.31. The zero-order valence-electron chi connectivity index (χ0n) is 11.9. The van der Waals surface area contributed by atoms with Gasteiger partial charge in [-0.15, -0.1) is 0 Å². The topological polar surface area (TPSA) is 61.0 Å². The van der Waals surface area contributed by atoms with Crippen molar-refractivity contribution in [2.45, 2.75) is 45.1 Å². The predicted octanol–water partition coefficient (Wildman–Crippen LogP) is 3.56. The van der Waals surface area contributed by atoms with Crippen LogP contribution in [-0.4, -0.2) is 16.1 Å². The predicted molar refractivity (Wildman–Crippen MR) is 80.6 cm³/mol. The summed E-state index contributed by atoms with van der Waals surface area (Å²) < 4.78 is 6.15.